The van der Waals surface area contributed by atoms with Gasteiger partial charge in [0.05, 0.1) is 11.6 Å². The zero-order chi connectivity index (χ0) is 15.2. The lowest BCUT2D eigenvalue weighted by atomic mass is 10.1. The molecule has 0 radical (unpaired) electrons. The van der Waals surface area contributed by atoms with Gasteiger partial charge in [0, 0.05) is 11.1 Å². The van der Waals surface area contributed by atoms with E-state index < -0.39 is 5.82 Å². The fourth-order valence-corrected chi connectivity index (χ4v) is 1.99. The van der Waals surface area contributed by atoms with E-state index in [4.69, 9.17) is 33.7 Å². The monoisotopic (exact) mass is 323 g/mol. The average molecular weight is 324 g/mol. The van der Waals surface area contributed by atoms with Crippen LogP contribution in [0.3, 0.4) is 0 Å². The zero-order valence-corrected chi connectivity index (χ0v) is 12.5. The van der Waals surface area contributed by atoms with E-state index in [1.54, 1.807) is 30.3 Å². The Hall–Kier alpha value is -1.73. The average Bonchev–Trinajstić information content (AvgIpc) is 2.48. The van der Waals surface area contributed by atoms with Crippen molar-refractivity contribution in [3.63, 3.8) is 0 Å². The largest absolute Gasteiger partial charge is 0.487 e. The molecule has 0 bridgehead atoms. The summed E-state index contributed by atoms with van der Waals surface area (Å²) >= 11 is 11.9. The molecule has 108 valence electrons. The molecule has 2 aromatic carbocycles. The minimum absolute atomic E-state index is 0.0521. The second-order valence-electron chi connectivity index (χ2n) is 4.15. The van der Waals surface area contributed by atoms with Crippen LogP contribution in [0.25, 0.3) is 0 Å². The lowest BCUT2D eigenvalue weighted by molar-refractivity contribution is 0.300. The normalized spacial score (nSPS) is 9.90. The summed E-state index contributed by atoms with van der Waals surface area (Å²) in [5.74, 6) is 5.46. The fourth-order valence-electron chi connectivity index (χ4n) is 1.65. The molecule has 0 aromatic heterocycles. The minimum atomic E-state index is -0.392. The van der Waals surface area contributed by atoms with Crippen molar-refractivity contribution in [2.75, 3.05) is 6.54 Å². The van der Waals surface area contributed by atoms with Crippen molar-refractivity contribution in [2.45, 2.75) is 6.61 Å². The number of ether oxygens (including phenoxy) is 1. The first-order chi connectivity index (χ1) is 10.1. The van der Waals surface area contributed by atoms with Gasteiger partial charge in [0.2, 0.25) is 0 Å². The molecule has 2 rings (SSSR count). The topological polar surface area (TPSA) is 35.2 Å². The number of benzene rings is 2. The van der Waals surface area contributed by atoms with E-state index in [0.717, 1.165) is 0 Å². The molecule has 2 aromatic rings. The minimum Gasteiger partial charge on any atom is -0.487 e. The third-order valence-electron chi connectivity index (χ3n) is 2.69. The molecule has 0 fully saturated rings. The number of rotatable bonds is 3. The van der Waals surface area contributed by atoms with Gasteiger partial charge < -0.3 is 10.5 Å². The van der Waals surface area contributed by atoms with Gasteiger partial charge in [0.25, 0.3) is 0 Å². The Morgan fingerprint density at radius 3 is 2.71 bits per heavy atom. The number of hydrogen-bond acceptors (Lipinski definition) is 2. The summed E-state index contributed by atoms with van der Waals surface area (Å²) in [6, 6.07) is 9.72. The van der Waals surface area contributed by atoms with Crippen LogP contribution in [0, 0.1) is 17.7 Å². The van der Waals surface area contributed by atoms with Crippen molar-refractivity contribution >= 4 is 23.2 Å². The summed E-state index contributed by atoms with van der Waals surface area (Å²) in [5, 5.41) is 0.701. The molecule has 0 amide bonds. The van der Waals surface area contributed by atoms with E-state index in [2.05, 4.69) is 11.8 Å². The molecular weight excluding hydrogens is 312 g/mol. The summed E-state index contributed by atoms with van der Waals surface area (Å²) in [6.07, 6.45) is 0. The van der Waals surface area contributed by atoms with Crippen molar-refractivity contribution in [3.05, 3.63) is 63.4 Å². The summed E-state index contributed by atoms with van der Waals surface area (Å²) in [6.45, 7) is 0.288. The Balaban J connectivity index is 2.12. The van der Waals surface area contributed by atoms with Crippen LogP contribution in [0.4, 0.5) is 4.39 Å². The third-order valence-corrected chi connectivity index (χ3v) is 3.49. The van der Waals surface area contributed by atoms with Gasteiger partial charge in [-0.2, -0.15) is 0 Å². The Kier molecular flexibility index (Phi) is 5.46. The molecule has 5 heteroatoms. The van der Waals surface area contributed by atoms with E-state index in [-0.39, 0.29) is 13.2 Å². The quantitative estimate of drug-likeness (QED) is 0.866. The first-order valence-electron chi connectivity index (χ1n) is 6.16. The molecule has 21 heavy (non-hydrogen) atoms. The van der Waals surface area contributed by atoms with Crippen LogP contribution in [-0.4, -0.2) is 6.54 Å². The van der Waals surface area contributed by atoms with E-state index in [1.807, 2.05) is 0 Å². The van der Waals surface area contributed by atoms with Crippen LogP contribution in [0.2, 0.25) is 10.0 Å². The lowest BCUT2D eigenvalue weighted by Gasteiger charge is -2.09. The van der Waals surface area contributed by atoms with Gasteiger partial charge >= 0.3 is 0 Å². The predicted molar refractivity (Wildman–Crippen MR) is 83.1 cm³/mol. The standard InChI is InChI=1S/C16H12Cl2FNO/c17-13-4-1-5-15(16(13)18)21-10-12-7-6-11(3-2-8-20)9-14(12)19/h1,4-7,9H,8,10,20H2. The van der Waals surface area contributed by atoms with E-state index >= 15 is 0 Å². The lowest BCUT2D eigenvalue weighted by Crippen LogP contribution is -1.99. The van der Waals surface area contributed by atoms with Gasteiger partial charge in [-0.15, -0.1) is 0 Å². The van der Waals surface area contributed by atoms with Gasteiger partial charge in [-0.25, -0.2) is 4.39 Å². The predicted octanol–water partition coefficient (Wildman–Crippen LogP) is 4.02. The number of hydrogen-bond donors (Lipinski definition) is 1. The molecule has 0 unspecified atom stereocenters. The van der Waals surface area contributed by atoms with Crippen LogP contribution >= 0.6 is 23.2 Å². The van der Waals surface area contributed by atoms with Gasteiger partial charge in [-0.1, -0.05) is 47.2 Å². The highest BCUT2D eigenvalue weighted by molar-refractivity contribution is 6.42. The highest BCUT2D eigenvalue weighted by Crippen LogP contribution is 2.32. The SMILES string of the molecule is NCC#Cc1ccc(COc2cccc(Cl)c2Cl)c(F)c1. The summed E-state index contributed by atoms with van der Waals surface area (Å²) in [4.78, 5) is 0. The number of nitrogens with two attached hydrogens (primary N) is 1. The van der Waals surface area contributed by atoms with Gasteiger partial charge in [-0.05, 0) is 24.3 Å². The first kappa shape index (κ1) is 15.7. The van der Waals surface area contributed by atoms with Crippen molar-refractivity contribution in [3.8, 4) is 17.6 Å². The van der Waals surface area contributed by atoms with E-state index in [9.17, 15) is 4.39 Å². The first-order valence-corrected chi connectivity index (χ1v) is 6.91. The van der Waals surface area contributed by atoms with Crippen LogP contribution in [0.5, 0.6) is 5.75 Å². The molecule has 0 saturated heterocycles. The molecule has 0 heterocycles. The summed E-state index contributed by atoms with van der Waals surface area (Å²) < 4.78 is 19.4. The number of halogens is 3. The maximum atomic E-state index is 13.9. The maximum Gasteiger partial charge on any atom is 0.139 e. The maximum absolute atomic E-state index is 13.9. The van der Waals surface area contributed by atoms with Crippen molar-refractivity contribution < 1.29 is 9.13 Å². The van der Waals surface area contributed by atoms with Crippen molar-refractivity contribution in [1.29, 1.82) is 0 Å². The Bertz CT molecular complexity index is 707. The molecule has 2 nitrogen and oxygen atoms in total. The smallest absolute Gasteiger partial charge is 0.139 e. The molecule has 0 spiro atoms. The van der Waals surface area contributed by atoms with E-state index in [1.165, 1.54) is 6.07 Å². The summed E-state index contributed by atoms with van der Waals surface area (Å²) in [5.41, 5.74) is 6.25. The molecule has 0 aliphatic carbocycles. The molecule has 0 aliphatic heterocycles. The van der Waals surface area contributed by atoms with Crippen LogP contribution < -0.4 is 10.5 Å². The third kappa shape index (κ3) is 4.12. The van der Waals surface area contributed by atoms with Crippen molar-refractivity contribution in [2.24, 2.45) is 5.73 Å². The Morgan fingerprint density at radius 2 is 2.00 bits per heavy atom. The van der Waals surface area contributed by atoms with Crippen LogP contribution in [0.1, 0.15) is 11.1 Å². The fraction of sp³-hybridized carbons (Fsp3) is 0.125. The molecule has 0 aliphatic rings. The molecule has 0 atom stereocenters. The van der Waals surface area contributed by atoms with Gasteiger partial charge in [-0.3, -0.25) is 0 Å². The highest BCUT2D eigenvalue weighted by atomic mass is 35.5. The van der Waals surface area contributed by atoms with Crippen molar-refractivity contribution in [1.82, 2.24) is 0 Å². The summed E-state index contributed by atoms with van der Waals surface area (Å²) in [7, 11) is 0. The van der Waals surface area contributed by atoms with Gasteiger partial charge in [0.1, 0.15) is 23.2 Å². The second kappa shape index (κ2) is 7.33. The molecule has 0 saturated carbocycles. The zero-order valence-electron chi connectivity index (χ0n) is 11.0. The van der Waals surface area contributed by atoms with E-state index in [0.29, 0.717) is 26.9 Å². The van der Waals surface area contributed by atoms with Gasteiger partial charge in [0.15, 0.2) is 0 Å². The Morgan fingerprint density at radius 1 is 1.19 bits per heavy atom. The van der Waals surface area contributed by atoms with Crippen LogP contribution in [-0.2, 0) is 6.61 Å². The highest BCUT2D eigenvalue weighted by Gasteiger charge is 2.08. The molecular formula is C16H12Cl2FNO. The molecule has 2 N–H and O–H groups in total. The second-order valence-corrected chi connectivity index (χ2v) is 4.94. The Labute approximate surface area is 132 Å². The van der Waals surface area contributed by atoms with Crippen LogP contribution in [0.15, 0.2) is 36.4 Å².